The number of carboxylic acids is 1. The van der Waals surface area contributed by atoms with Crippen LogP contribution in [-0.4, -0.2) is 85.1 Å². The summed E-state index contributed by atoms with van der Waals surface area (Å²) in [6, 6.07) is -0.966. The van der Waals surface area contributed by atoms with Gasteiger partial charge in [-0.05, 0) is 21.5 Å². The van der Waals surface area contributed by atoms with Crippen LogP contribution in [0.25, 0.3) is 0 Å². The predicted molar refractivity (Wildman–Crippen MR) is 133 cm³/mol. The highest BCUT2D eigenvalue weighted by Gasteiger charge is 2.54. The second kappa shape index (κ2) is 11.0. The van der Waals surface area contributed by atoms with E-state index < -0.39 is 29.2 Å². The number of halogens is 1. The molecule has 3 amide bonds. The fourth-order valence-electron chi connectivity index (χ4n) is 3.22. The maximum absolute atomic E-state index is 13.0. The number of aliphatic carboxylic acids is 1. The summed E-state index contributed by atoms with van der Waals surface area (Å²) >= 11 is 8.37. The van der Waals surface area contributed by atoms with Crippen molar-refractivity contribution in [2.75, 3.05) is 23.9 Å². The van der Waals surface area contributed by atoms with Crippen LogP contribution < -0.4 is 10.6 Å². The van der Waals surface area contributed by atoms with Gasteiger partial charge >= 0.3 is 5.97 Å². The van der Waals surface area contributed by atoms with Crippen LogP contribution in [0.1, 0.15) is 5.69 Å². The molecule has 0 radical (unpaired) electrons. The van der Waals surface area contributed by atoms with Crippen molar-refractivity contribution in [3.05, 3.63) is 26.3 Å². The molecule has 2 aromatic heterocycles. The number of aromatic nitrogens is 3. The Labute approximate surface area is 221 Å². The highest BCUT2D eigenvalue weighted by Crippen LogP contribution is 2.41. The zero-order chi connectivity index (χ0) is 25.1. The van der Waals surface area contributed by atoms with Crippen LogP contribution in [0.3, 0.4) is 0 Å². The van der Waals surface area contributed by atoms with Crippen LogP contribution in [0.5, 0.6) is 0 Å². The Kier molecular flexibility index (Phi) is 8.05. The number of fused-ring (bicyclic) bond motifs is 1. The summed E-state index contributed by atoms with van der Waals surface area (Å²) in [6.07, 6.45) is 0.443. The standard InChI is InChI=1S/C17H14BrN7O6S4/c1-31-24-8(7-11(18)35-16(22-7)19-4-26)12(27)21-9-13(28)25-10(15(29)30)6(2-32-14(9)25)3-33-17-23-20-5-34-17/h4-5,9,14H,2-3H2,1H3,(H,21,27)(H,29,30)(H,19,22,26)/b24-8-/t9?,14-/m1/s1. The molecule has 0 aromatic carbocycles. The Bertz CT molecular complexity index is 1230. The molecule has 1 fully saturated rings. The maximum Gasteiger partial charge on any atom is 0.352 e. The summed E-state index contributed by atoms with van der Waals surface area (Å²) in [4.78, 5) is 58.7. The minimum absolute atomic E-state index is 0.0844. The van der Waals surface area contributed by atoms with Gasteiger partial charge < -0.3 is 20.6 Å². The molecule has 2 aliphatic rings. The molecule has 1 unspecified atom stereocenters. The number of rotatable bonds is 10. The minimum atomic E-state index is -1.22. The smallest absolute Gasteiger partial charge is 0.352 e. The van der Waals surface area contributed by atoms with Crippen LogP contribution in [0.15, 0.2) is 30.1 Å². The highest BCUT2D eigenvalue weighted by atomic mass is 79.9. The molecule has 184 valence electrons. The zero-order valence-corrected chi connectivity index (χ0v) is 22.3. The second-order valence-corrected chi connectivity index (χ2v) is 12.1. The van der Waals surface area contributed by atoms with Crippen LogP contribution in [0.2, 0.25) is 0 Å². The van der Waals surface area contributed by atoms with Gasteiger partial charge in [-0.2, -0.15) is 0 Å². The number of nitrogens with one attached hydrogen (secondary N) is 2. The van der Waals surface area contributed by atoms with Crippen molar-refractivity contribution < 1.29 is 29.1 Å². The van der Waals surface area contributed by atoms with Gasteiger partial charge in [-0.1, -0.05) is 39.6 Å². The van der Waals surface area contributed by atoms with Gasteiger partial charge in [0.05, 0.1) is 0 Å². The number of hydrogen-bond acceptors (Lipinski definition) is 13. The fourth-order valence-corrected chi connectivity index (χ4v) is 7.58. The third-order valence-corrected chi connectivity index (χ3v) is 9.56. The molecule has 0 spiro atoms. The lowest BCUT2D eigenvalue weighted by atomic mass is 10.0. The second-order valence-electron chi connectivity index (χ2n) is 6.64. The monoisotopic (exact) mass is 619 g/mol. The molecule has 1 saturated heterocycles. The molecular weight excluding hydrogens is 606 g/mol. The first-order valence-electron chi connectivity index (χ1n) is 9.43. The van der Waals surface area contributed by atoms with Gasteiger partial charge in [0, 0.05) is 11.5 Å². The number of hydrogen-bond donors (Lipinski definition) is 3. The first kappa shape index (κ1) is 25.5. The van der Waals surface area contributed by atoms with Gasteiger partial charge in [0.2, 0.25) is 6.41 Å². The first-order valence-corrected chi connectivity index (χ1v) is 14.0. The summed E-state index contributed by atoms with van der Waals surface area (Å²) in [6.45, 7) is 0. The summed E-state index contributed by atoms with van der Waals surface area (Å²) in [5, 5.41) is 25.8. The van der Waals surface area contributed by atoms with E-state index >= 15 is 0 Å². The molecule has 18 heteroatoms. The molecule has 0 bridgehead atoms. The van der Waals surface area contributed by atoms with E-state index in [-0.39, 0.29) is 22.2 Å². The summed E-state index contributed by atoms with van der Waals surface area (Å²) < 4.78 is 1.11. The SMILES string of the molecule is CO/N=C(\C(=O)NC1C(=O)N2C(C(=O)O)=C(CSc3nncs3)CS[C@H]12)c1nc(NC=O)sc1Br. The number of carbonyl (C=O) groups is 4. The van der Waals surface area contributed by atoms with Crippen molar-refractivity contribution in [1.29, 1.82) is 0 Å². The third-order valence-electron chi connectivity index (χ3n) is 4.64. The zero-order valence-electron chi connectivity index (χ0n) is 17.5. The van der Waals surface area contributed by atoms with E-state index in [2.05, 4.69) is 46.9 Å². The van der Waals surface area contributed by atoms with Gasteiger partial charge in [0.15, 0.2) is 15.2 Å². The molecule has 35 heavy (non-hydrogen) atoms. The largest absolute Gasteiger partial charge is 0.477 e. The van der Waals surface area contributed by atoms with Gasteiger partial charge in [-0.25, -0.2) is 9.78 Å². The molecule has 0 saturated carbocycles. The Hall–Kier alpha value is -2.54. The summed E-state index contributed by atoms with van der Waals surface area (Å²) in [5.41, 5.74) is 1.97. The third kappa shape index (κ3) is 5.20. The number of anilines is 1. The molecule has 2 aliphatic heterocycles. The van der Waals surface area contributed by atoms with Crippen molar-refractivity contribution in [2.45, 2.75) is 15.8 Å². The number of thiazole rings is 1. The lowest BCUT2D eigenvalue weighted by Gasteiger charge is -2.49. The molecule has 13 nitrogen and oxygen atoms in total. The lowest BCUT2D eigenvalue weighted by Crippen LogP contribution is -2.71. The predicted octanol–water partition coefficient (Wildman–Crippen LogP) is 1.21. The van der Waals surface area contributed by atoms with Crippen molar-refractivity contribution in [1.82, 2.24) is 25.4 Å². The number of carbonyl (C=O) groups excluding carboxylic acids is 3. The van der Waals surface area contributed by atoms with Crippen LogP contribution in [-0.2, 0) is 24.0 Å². The van der Waals surface area contributed by atoms with E-state index in [1.807, 2.05) is 0 Å². The number of β-lactam (4-membered cyclic amide) rings is 1. The number of nitrogens with zero attached hydrogens (tertiary/aromatic N) is 5. The fraction of sp³-hybridized carbons (Fsp3) is 0.294. The van der Waals surface area contributed by atoms with E-state index in [1.54, 1.807) is 5.51 Å². The maximum atomic E-state index is 13.0. The van der Waals surface area contributed by atoms with E-state index in [9.17, 15) is 24.3 Å². The van der Waals surface area contributed by atoms with Crippen LogP contribution >= 0.6 is 62.1 Å². The van der Waals surface area contributed by atoms with Gasteiger partial charge in [0.25, 0.3) is 11.8 Å². The number of amides is 3. The minimum Gasteiger partial charge on any atom is -0.477 e. The average molecular weight is 621 g/mol. The highest BCUT2D eigenvalue weighted by molar-refractivity contribution is 9.11. The molecule has 4 rings (SSSR count). The van der Waals surface area contributed by atoms with Crippen molar-refractivity contribution >= 4 is 97.2 Å². The molecule has 3 N–H and O–H groups in total. The van der Waals surface area contributed by atoms with Gasteiger partial charge in [-0.15, -0.1) is 22.0 Å². The number of carboxylic acid groups (broad SMARTS) is 1. The lowest BCUT2D eigenvalue weighted by molar-refractivity contribution is -0.150. The van der Waals surface area contributed by atoms with Gasteiger partial charge in [-0.3, -0.25) is 19.3 Å². The Balaban J connectivity index is 1.50. The average Bonchev–Trinajstić information content (AvgIpc) is 3.48. The Morgan fingerprint density at radius 1 is 1.49 bits per heavy atom. The number of thioether (sulfide) groups is 2. The van der Waals surface area contributed by atoms with Crippen molar-refractivity contribution in [3.8, 4) is 0 Å². The molecular formula is C17H14BrN7O6S4. The molecule has 2 aromatic rings. The van der Waals surface area contributed by atoms with E-state index in [0.717, 1.165) is 11.3 Å². The molecule has 4 heterocycles. The Morgan fingerprint density at radius 3 is 2.94 bits per heavy atom. The quantitative estimate of drug-likeness (QED) is 0.114. The van der Waals surface area contributed by atoms with E-state index in [1.165, 1.54) is 46.9 Å². The van der Waals surface area contributed by atoms with Crippen molar-refractivity contribution in [2.24, 2.45) is 5.16 Å². The normalized spacial score (nSPS) is 19.7. The topological polar surface area (TPSA) is 176 Å². The summed E-state index contributed by atoms with van der Waals surface area (Å²) in [7, 11) is 1.25. The first-order chi connectivity index (χ1) is 16.8. The van der Waals surface area contributed by atoms with E-state index in [0.29, 0.717) is 31.6 Å². The molecule has 0 aliphatic carbocycles. The van der Waals surface area contributed by atoms with Crippen molar-refractivity contribution in [3.63, 3.8) is 0 Å². The summed E-state index contributed by atoms with van der Waals surface area (Å²) in [5.74, 6) is -1.80. The molecule has 2 atom stereocenters. The van der Waals surface area contributed by atoms with Crippen LogP contribution in [0.4, 0.5) is 5.13 Å². The number of oxime groups is 1. The Morgan fingerprint density at radius 2 is 2.29 bits per heavy atom. The van der Waals surface area contributed by atoms with E-state index in [4.69, 9.17) is 4.84 Å². The van der Waals surface area contributed by atoms with Gasteiger partial charge in [0.1, 0.15) is 39.2 Å². The van der Waals surface area contributed by atoms with Crippen LogP contribution in [0, 0.1) is 0 Å².